The van der Waals surface area contributed by atoms with Gasteiger partial charge in [-0.15, -0.1) is 10.3 Å². The Bertz CT molecular complexity index is 898. The van der Waals surface area contributed by atoms with E-state index < -0.39 is 11.8 Å². The second-order valence-electron chi connectivity index (χ2n) is 4.63. The molecule has 3 aromatic rings. The fourth-order valence-corrected chi connectivity index (χ4v) is 2.32. The Morgan fingerprint density at radius 2 is 1.59 bits per heavy atom. The zero-order chi connectivity index (χ0) is 15.3. The third-order valence-corrected chi connectivity index (χ3v) is 3.36. The van der Waals surface area contributed by atoms with E-state index in [9.17, 15) is 14.8 Å². The maximum Gasteiger partial charge on any atom is 0.295 e. The van der Waals surface area contributed by atoms with Crippen molar-refractivity contribution in [2.24, 2.45) is 0 Å². The molecule has 107 valence electrons. The summed E-state index contributed by atoms with van der Waals surface area (Å²) in [7, 11) is 0. The van der Waals surface area contributed by atoms with Gasteiger partial charge in [-0.1, -0.05) is 23.3 Å². The van der Waals surface area contributed by atoms with Gasteiger partial charge in [-0.05, 0) is 34.3 Å². The number of rotatable bonds is 2. The molecule has 0 fully saturated rings. The van der Waals surface area contributed by atoms with Crippen LogP contribution in [0.25, 0.3) is 11.0 Å². The Kier molecular flexibility index (Phi) is 2.40. The number of hydrogen-bond donors (Lipinski definition) is 0. The van der Waals surface area contributed by atoms with Crippen molar-refractivity contribution in [2.45, 2.75) is 0 Å². The summed E-state index contributed by atoms with van der Waals surface area (Å²) in [4.78, 5) is 30.2. The minimum Gasteiger partial charge on any atom is -0.366 e. The predicted molar refractivity (Wildman–Crippen MR) is 71.2 cm³/mol. The Morgan fingerprint density at radius 1 is 0.909 bits per heavy atom. The van der Waals surface area contributed by atoms with Crippen LogP contribution in [-0.2, 0) is 5.21 Å². The minimum atomic E-state index is -0.563. The number of nitrogens with zero attached hydrogens (tertiary/aromatic N) is 4. The van der Waals surface area contributed by atoms with Gasteiger partial charge >= 0.3 is 0 Å². The molecule has 0 aliphatic carbocycles. The first kappa shape index (κ1) is 12.3. The fourth-order valence-electron chi connectivity index (χ4n) is 2.32. The van der Waals surface area contributed by atoms with E-state index >= 15 is 0 Å². The number of amides is 2. The van der Waals surface area contributed by atoms with E-state index in [0.29, 0.717) is 9.91 Å². The van der Waals surface area contributed by atoms with Crippen molar-refractivity contribution in [3.05, 3.63) is 53.6 Å². The zero-order valence-electron chi connectivity index (χ0n) is 11.0. The average molecular weight is 295 g/mol. The van der Waals surface area contributed by atoms with E-state index in [1.807, 2.05) is 0 Å². The number of fused-ring (bicyclic) bond motifs is 2. The molecule has 2 amide bonds. The summed E-state index contributed by atoms with van der Waals surface area (Å²) in [6.07, 6.45) is 0. The van der Waals surface area contributed by atoms with Gasteiger partial charge in [-0.25, -0.2) is 0 Å². The van der Waals surface area contributed by atoms with Gasteiger partial charge in [-0.2, -0.15) is 0 Å². The van der Waals surface area contributed by atoms with E-state index in [-0.39, 0.29) is 27.9 Å². The zero-order valence-corrected chi connectivity index (χ0v) is 11.0. The van der Waals surface area contributed by atoms with Crippen LogP contribution in [0, 0.1) is 0 Å². The molecule has 0 atom stereocenters. The number of aromatic nitrogens is 3. The molecule has 8 nitrogen and oxygen atoms in total. The van der Waals surface area contributed by atoms with Gasteiger partial charge in [0.1, 0.15) is 5.52 Å². The van der Waals surface area contributed by atoms with Gasteiger partial charge in [0.05, 0.1) is 11.1 Å². The van der Waals surface area contributed by atoms with Crippen molar-refractivity contribution >= 4 is 22.8 Å². The lowest BCUT2D eigenvalue weighted by Gasteiger charge is -2.14. The Labute approximate surface area is 123 Å². The Morgan fingerprint density at radius 3 is 2.27 bits per heavy atom. The van der Waals surface area contributed by atoms with Crippen LogP contribution >= 0.6 is 0 Å². The van der Waals surface area contributed by atoms with E-state index in [4.69, 9.17) is 4.84 Å². The van der Waals surface area contributed by atoms with Crippen molar-refractivity contribution in [2.75, 3.05) is 0 Å². The van der Waals surface area contributed by atoms with Crippen LogP contribution < -0.4 is 4.84 Å². The second kappa shape index (κ2) is 4.29. The molecule has 2 aromatic carbocycles. The fraction of sp³-hybridized carbons (Fsp3) is 0. The Balaban J connectivity index is 1.75. The van der Waals surface area contributed by atoms with Crippen LogP contribution in [0.15, 0.2) is 42.5 Å². The van der Waals surface area contributed by atoms with E-state index in [1.165, 1.54) is 12.1 Å². The van der Waals surface area contributed by atoms with Gasteiger partial charge in [0.25, 0.3) is 11.8 Å². The summed E-state index contributed by atoms with van der Waals surface area (Å²) in [5.41, 5.74) is 0.905. The van der Waals surface area contributed by atoms with Gasteiger partial charge in [0, 0.05) is 0 Å². The maximum atomic E-state index is 12.2. The van der Waals surface area contributed by atoms with Gasteiger partial charge in [0.15, 0.2) is 11.3 Å². The molecule has 1 aromatic heterocycles. The van der Waals surface area contributed by atoms with Gasteiger partial charge in [-0.3, -0.25) is 9.59 Å². The molecule has 2 heterocycles. The molecular formula is C14H7N4O4. The molecule has 1 aliphatic rings. The topological polar surface area (TPSA) is 97.2 Å². The molecule has 0 N–H and O–H groups in total. The van der Waals surface area contributed by atoms with Gasteiger partial charge < -0.3 is 4.84 Å². The molecule has 0 saturated carbocycles. The normalized spacial score (nSPS) is 13.7. The number of hydrogen-bond acceptors (Lipinski definition) is 5. The summed E-state index contributed by atoms with van der Waals surface area (Å²) >= 11 is 0. The van der Waals surface area contributed by atoms with Crippen LogP contribution in [0.1, 0.15) is 20.7 Å². The third-order valence-electron chi connectivity index (χ3n) is 3.36. The smallest absolute Gasteiger partial charge is 0.295 e. The highest BCUT2D eigenvalue weighted by Crippen LogP contribution is 2.28. The summed E-state index contributed by atoms with van der Waals surface area (Å²) in [6, 6.07) is 11.0. The van der Waals surface area contributed by atoms with E-state index in [0.717, 1.165) is 0 Å². The van der Waals surface area contributed by atoms with Crippen LogP contribution in [0.3, 0.4) is 0 Å². The average Bonchev–Trinajstić information content (AvgIpc) is 3.03. The predicted octanol–water partition coefficient (Wildman–Crippen LogP) is 1.21. The maximum absolute atomic E-state index is 12.2. The van der Waals surface area contributed by atoms with Crippen LogP contribution in [0.2, 0.25) is 0 Å². The molecule has 0 bridgehead atoms. The molecule has 1 aliphatic heterocycles. The lowest BCUT2D eigenvalue weighted by Crippen LogP contribution is -2.33. The molecule has 0 unspecified atom stereocenters. The van der Waals surface area contributed by atoms with Crippen molar-refractivity contribution in [3.63, 3.8) is 0 Å². The monoisotopic (exact) mass is 295 g/mol. The van der Waals surface area contributed by atoms with Crippen LogP contribution in [0.5, 0.6) is 5.75 Å². The highest BCUT2D eigenvalue weighted by atomic mass is 16.7. The summed E-state index contributed by atoms with van der Waals surface area (Å²) in [5, 5.41) is 19.1. The number of hydroxylamine groups is 2. The molecule has 1 radical (unpaired) electrons. The summed E-state index contributed by atoms with van der Waals surface area (Å²) in [5.74, 6) is -1.02. The largest absolute Gasteiger partial charge is 0.366 e. The van der Waals surface area contributed by atoms with E-state index in [2.05, 4.69) is 10.3 Å². The van der Waals surface area contributed by atoms with E-state index in [1.54, 1.807) is 30.3 Å². The summed E-state index contributed by atoms with van der Waals surface area (Å²) < 4.78 is 0. The second-order valence-corrected chi connectivity index (χ2v) is 4.63. The highest BCUT2D eigenvalue weighted by molar-refractivity contribution is 6.20. The Hall–Kier alpha value is -3.42. The standard InChI is InChI=1S/C14H7N4O4/c19-13-8-4-1-2-5-9(8)14(20)17(13)22-11-7-3-6-10-12(11)15-16-18(10)21/h1-7H. The number of carbonyl (C=O) groups is 2. The quantitative estimate of drug-likeness (QED) is 0.662. The van der Waals surface area contributed by atoms with Gasteiger partial charge in [0.2, 0.25) is 0 Å². The summed E-state index contributed by atoms with van der Waals surface area (Å²) in [6.45, 7) is 0. The first-order valence-electron chi connectivity index (χ1n) is 6.34. The SMILES string of the molecule is [O]n1nnc2c(ON3C(=O)c4ccccc4C3=O)cccc21. The van der Waals surface area contributed by atoms with Crippen molar-refractivity contribution in [3.8, 4) is 5.75 Å². The highest BCUT2D eigenvalue weighted by Gasteiger charge is 2.38. The molecule has 4 rings (SSSR count). The molecule has 22 heavy (non-hydrogen) atoms. The van der Waals surface area contributed by atoms with Crippen molar-refractivity contribution in [1.29, 1.82) is 0 Å². The first-order valence-corrected chi connectivity index (χ1v) is 6.34. The molecule has 8 heteroatoms. The minimum absolute atomic E-state index is 0.106. The van der Waals surface area contributed by atoms with Crippen LogP contribution in [-0.4, -0.2) is 32.0 Å². The number of carbonyl (C=O) groups excluding carboxylic acids is 2. The molecule has 0 spiro atoms. The van der Waals surface area contributed by atoms with Crippen LogP contribution in [0.4, 0.5) is 0 Å². The molecule has 0 saturated heterocycles. The van der Waals surface area contributed by atoms with Crippen molar-refractivity contribution < 1.29 is 19.6 Å². The first-order chi connectivity index (χ1) is 10.7. The molecular weight excluding hydrogens is 288 g/mol. The third kappa shape index (κ3) is 1.57. The van der Waals surface area contributed by atoms with Crippen molar-refractivity contribution in [1.82, 2.24) is 20.2 Å². The number of imide groups is 1. The lowest BCUT2D eigenvalue weighted by molar-refractivity contribution is -0.0133. The number of benzene rings is 2. The lowest BCUT2D eigenvalue weighted by atomic mass is 10.1.